The lowest BCUT2D eigenvalue weighted by Gasteiger charge is -2.41. The fourth-order valence-corrected chi connectivity index (χ4v) is 7.06. The van der Waals surface area contributed by atoms with Gasteiger partial charge in [-0.1, -0.05) is 20.8 Å². The minimum Gasteiger partial charge on any atom is -0.414 e. The van der Waals surface area contributed by atoms with Crippen molar-refractivity contribution >= 4 is 35.6 Å². The van der Waals surface area contributed by atoms with Gasteiger partial charge in [-0.2, -0.15) is 0 Å². The van der Waals surface area contributed by atoms with Gasteiger partial charge >= 0.3 is 0 Å². The van der Waals surface area contributed by atoms with Crippen LogP contribution >= 0.6 is 0 Å². The number of nitrogen functional groups attached to an aromatic ring is 1. The SMILES string of the molecule is Cc1cc(N)c(S(=O)(=O)NC2CCC(O[Si](C)(C)C(C)(C)C)CC2)cc1C(=O)Nc1cc(F)c(F)c(F)c1. The maximum atomic E-state index is 13.5. The zero-order valence-corrected chi connectivity index (χ0v) is 24.4. The summed E-state index contributed by atoms with van der Waals surface area (Å²) in [5.41, 5.74) is 5.95. The van der Waals surface area contributed by atoms with Crippen LogP contribution in [-0.4, -0.2) is 34.8 Å². The van der Waals surface area contributed by atoms with Crippen molar-refractivity contribution in [3.8, 4) is 0 Å². The van der Waals surface area contributed by atoms with Crippen molar-refractivity contribution in [1.29, 1.82) is 0 Å². The van der Waals surface area contributed by atoms with Crippen LogP contribution in [0, 0.1) is 24.4 Å². The van der Waals surface area contributed by atoms with E-state index in [9.17, 15) is 26.4 Å². The Hall–Kier alpha value is -2.41. The Morgan fingerprint density at radius 1 is 1.03 bits per heavy atom. The van der Waals surface area contributed by atoms with Gasteiger partial charge in [0, 0.05) is 35.5 Å². The molecule has 0 unspecified atom stereocenters. The molecule has 3 rings (SSSR count). The van der Waals surface area contributed by atoms with Gasteiger partial charge in [0.1, 0.15) is 4.90 Å². The van der Waals surface area contributed by atoms with Crippen molar-refractivity contribution in [2.24, 2.45) is 0 Å². The lowest BCUT2D eigenvalue weighted by Crippen LogP contribution is -2.46. The Balaban J connectivity index is 1.73. The summed E-state index contributed by atoms with van der Waals surface area (Å²) in [5, 5.41) is 2.35. The summed E-state index contributed by atoms with van der Waals surface area (Å²) in [4.78, 5) is 12.6. The third kappa shape index (κ3) is 6.77. The third-order valence-corrected chi connectivity index (χ3v) is 13.5. The van der Waals surface area contributed by atoms with Crippen LogP contribution in [0.4, 0.5) is 24.5 Å². The van der Waals surface area contributed by atoms with Gasteiger partial charge in [-0.15, -0.1) is 0 Å². The predicted octanol–water partition coefficient (Wildman–Crippen LogP) is 5.86. The number of hydrogen-bond donors (Lipinski definition) is 3. The number of nitrogens with one attached hydrogen (secondary N) is 2. The van der Waals surface area contributed by atoms with E-state index in [1.165, 1.54) is 6.07 Å². The standard InChI is InChI=1S/C26H36F3N3O4SSi/c1-15-11-22(30)23(14-19(15)25(33)31-17-12-20(27)24(29)21(28)13-17)37(34,35)32-16-7-9-18(10-8-16)36-38(5,6)26(2,3)4/h11-14,16,18,32H,7-10,30H2,1-6H3,(H,31,33). The molecule has 0 atom stereocenters. The topological polar surface area (TPSA) is 111 Å². The molecule has 0 aliphatic heterocycles. The molecule has 2 aromatic carbocycles. The van der Waals surface area contributed by atoms with Gasteiger partial charge in [0.25, 0.3) is 5.91 Å². The fourth-order valence-electron chi connectivity index (χ4n) is 4.19. The predicted molar refractivity (Wildman–Crippen MR) is 145 cm³/mol. The Bertz CT molecular complexity index is 1300. The van der Waals surface area contributed by atoms with E-state index in [0.717, 1.165) is 18.9 Å². The summed E-state index contributed by atoms with van der Waals surface area (Å²) in [5.74, 6) is -5.42. The number of aryl methyl sites for hydroxylation is 1. The number of benzene rings is 2. The Morgan fingerprint density at radius 3 is 2.11 bits per heavy atom. The molecule has 0 radical (unpaired) electrons. The molecule has 2 aromatic rings. The second-order valence-electron chi connectivity index (χ2n) is 11.4. The molecule has 0 bridgehead atoms. The Labute approximate surface area is 223 Å². The number of nitrogens with two attached hydrogens (primary N) is 1. The first-order valence-corrected chi connectivity index (χ1v) is 16.9. The number of hydrogen-bond acceptors (Lipinski definition) is 5. The van der Waals surface area contributed by atoms with E-state index in [1.54, 1.807) is 6.92 Å². The van der Waals surface area contributed by atoms with Crippen molar-refractivity contribution in [2.45, 2.75) is 88.6 Å². The molecule has 0 spiro atoms. The zero-order valence-electron chi connectivity index (χ0n) is 22.5. The van der Waals surface area contributed by atoms with Gasteiger partial charge < -0.3 is 15.5 Å². The monoisotopic (exact) mass is 571 g/mol. The Kier molecular flexibility index (Phi) is 8.71. The summed E-state index contributed by atoms with van der Waals surface area (Å²) in [6.07, 6.45) is 2.72. The Morgan fingerprint density at radius 2 is 1.58 bits per heavy atom. The highest BCUT2D eigenvalue weighted by Gasteiger charge is 2.40. The van der Waals surface area contributed by atoms with E-state index in [4.69, 9.17) is 10.2 Å². The van der Waals surface area contributed by atoms with Gasteiger partial charge in [-0.3, -0.25) is 4.79 Å². The largest absolute Gasteiger partial charge is 0.414 e. The van der Waals surface area contributed by atoms with Crippen molar-refractivity contribution in [1.82, 2.24) is 4.72 Å². The number of halogens is 3. The molecule has 7 nitrogen and oxygen atoms in total. The first kappa shape index (κ1) is 30.1. The van der Waals surface area contributed by atoms with Crippen LogP contribution < -0.4 is 15.8 Å². The van der Waals surface area contributed by atoms with Gasteiger partial charge in [0.05, 0.1) is 5.69 Å². The van der Waals surface area contributed by atoms with Crippen molar-refractivity contribution in [3.63, 3.8) is 0 Å². The average molecular weight is 572 g/mol. The first-order chi connectivity index (χ1) is 17.4. The van der Waals surface area contributed by atoms with Crippen LogP contribution in [-0.2, 0) is 14.4 Å². The van der Waals surface area contributed by atoms with Crippen LogP contribution in [0.15, 0.2) is 29.2 Å². The molecular weight excluding hydrogens is 535 g/mol. The van der Waals surface area contributed by atoms with Crippen LogP contribution in [0.5, 0.6) is 0 Å². The van der Waals surface area contributed by atoms with Gasteiger partial charge in [-0.25, -0.2) is 26.3 Å². The number of carbonyl (C=O) groups is 1. The number of carbonyl (C=O) groups excluding carboxylic acids is 1. The maximum Gasteiger partial charge on any atom is 0.255 e. The van der Waals surface area contributed by atoms with E-state index in [0.29, 0.717) is 30.5 Å². The highest BCUT2D eigenvalue weighted by molar-refractivity contribution is 7.89. The smallest absolute Gasteiger partial charge is 0.255 e. The van der Waals surface area contributed by atoms with Crippen LogP contribution in [0.2, 0.25) is 18.1 Å². The number of rotatable bonds is 7. The molecular formula is C26H36F3N3O4SSi. The molecule has 210 valence electrons. The van der Waals surface area contributed by atoms with E-state index in [-0.39, 0.29) is 39.0 Å². The van der Waals surface area contributed by atoms with Crippen LogP contribution in [0.25, 0.3) is 0 Å². The molecule has 12 heteroatoms. The zero-order chi connectivity index (χ0) is 28.6. The highest BCUT2D eigenvalue weighted by Crippen LogP contribution is 2.39. The molecule has 1 aliphatic rings. The average Bonchev–Trinajstić information content (AvgIpc) is 2.77. The molecule has 0 saturated heterocycles. The third-order valence-electron chi connectivity index (χ3n) is 7.40. The molecule has 0 aromatic heterocycles. The second kappa shape index (κ2) is 11.0. The van der Waals surface area contributed by atoms with Crippen LogP contribution in [0.1, 0.15) is 62.4 Å². The van der Waals surface area contributed by atoms with E-state index in [1.807, 2.05) is 0 Å². The molecule has 1 saturated carbocycles. The second-order valence-corrected chi connectivity index (χ2v) is 17.8. The quantitative estimate of drug-likeness (QED) is 0.219. The molecule has 1 amide bonds. The summed E-state index contributed by atoms with van der Waals surface area (Å²) in [7, 11) is -6.02. The highest BCUT2D eigenvalue weighted by atomic mass is 32.2. The van der Waals surface area contributed by atoms with Gasteiger partial charge in [0.15, 0.2) is 25.8 Å². The molecule has 38 heavy (non-hydrogen) atoms. The van der Waals surface area contributed by atoms with Gasteiger partial charge in [-0.05, 0) is 68.4 Å². The lowest BCUT2D eigenvalue weighted by atomic mass is 9.94. The summed E-state index contributed by atoms with van der Waals surface area (Å²) in [6, 6.07) is 3.42. The fraction of sp³-hybridized carbons (Fsp3) is 0.500. The van der Waals surface area contributed by atoms with Gasteiger partial charge in [0.2, 0.25) is 10.0 Å². The summed E-state index contributed by atoms with van der Waals surface area (Å²) < 4.78 is 76.0. The van der Waals surface area contributed by atoms with E-state index >= 15 is 0 Å². The van der Waals surface area contributed by atoms with Crippen molar-refractivity contribution < 1.29 is 30.8 Å². The van der Waals surface area contributed by atoms with E-state index < -0.39 is 41.7 Å². The molecule has 4 N–H and O–H groups in total. The summed E-state index contributed by atoms with van der Waals surface area (Å²) in [6.45, 7) is 12.5. The summed E-state index contributed by atoms with van der Waals surface area (Å²) >= 11 is 0. The lowest BCUT2D eigenvalue weighted by molar-refractivity contribution is 0.102. The number of sulfonamides is 1. The van der Waals surface area contributed by atoms with Crippen molar-refractivity contribution in [2.75, 3.05) is 11.1 Å². The molecule has 1 aliphatic carbocycles. The normalized spacial score (nSPS) is 18.9. The number of amides is 1. The minimum atomic E-state index is -4.09. The number of anilines is 2. The first-order valence-electron chi connectivity index (χ1n) is 12.5. The maximum absolute atomic E-state index is 13.5. The molecule has 1 fully saturated rings. The van der Waals surface area contributed by atoms with Crippen molar-refractivity contribution in [3.05, 3.63) is 52.8 Å². The van der Waals surface area contributed by atoms with E-state index in [2.05, 4.69) is 43.9 Å². The minimum absolute atomic E-state index is 0.0413. The molecule has 0 heterocycles. The van der Waals surface area contributed by atoms with Crippen LogP contribution in [0.3, 0.4) is 0 Å².